The quantitative estimate of drug-likeness (QED) is 0.385. The third kappa shape index (κ3) is 22.8. The van der Waals surface area contributed by atoms with Crippen LogP contribution in [0.2, 0.25) is 0 Å². The maximum Gasteiger partial charge on any atom is -0.0470 e. The molecule has 0 aliphatic rings. The van der Waals surface area contributed by atoms with Gasteiger partial charge in [0, 0.05) is 0 Å². The molecule has 0 amide bonds. The lowest BCUT2D eigenvalue weighted by molar-refractivity contribution is 1.11. The van der Waals surface area contributed by atoms with E-state index in [4.69, 9.17) is 0 Å². The first kappa shape index (κ1) is 8.82. The van der Waals surface area contributed by atoms with Crippen molar-refractivity contribution in [3.05, 3.63) is 12.2 Å². The second-order valence-corrected chi connectivity index (χ2v) is 0.667. The van der Waals surface area contributed by atoms with Crippen LogP contribution in [-0.2, 0) is 0 Å². The Morgan fingerprint density at radius 3 is 1.20 bits per heavy atom. The summed E-state index contributed by atoms with van der Waals surface area (Å²) in [5.41, 5.74) is 0. The predicted octanol–water partition coefficient (Wildman–Crippen LogP) is 1.73. The number of rotatable bonds is 0. The molecular formula is C4H9F. The van der Waals surface area contributed by atoms with Crippen molar-refractivity contribution < 1.29 is 4.70 Å². The van der Waals surface area contributed by atoms with E-state index in [1.54, 1.807) is 0 Å². The summed E-state index contributed by atoms with van der Waals surface area (Å²) in [6.45, 7) is 4.00. The van der Waals surface area contributed by atoms with Crippen LogP contribution in [0.25, 0.3) is 0 Å². The summed E-state index contributed by atoms with van der Waals surface area (Å²) < 4.78 is 0. The number of allylic oxidation sites excluding steroid dienone is 2. The van der Waals surface area contributed by atoms with E-state index in [2.05, 4.69) is 0 Å². The van der Waals surface area contributed by atoms with E-state index in [-0.39, 0.29) is 4.70 Å². The van der Waals surface area contributed by atoms with E-state index in [0.29, 0.717) is 0 Å². The normalized spacial score (nSPS) is 7.60. The van der Waals surface area contributed by atoms with Gasteiger partial charge in [0.25, 0.3) is 0 Å². The van der Waals surface area contributed by atoms with Gasteiger partial charge >= 0.3 is 0 Å². The summed E-state index contributed by atoms with van der Waals surface area (Å²) >= 11 is 0. The van der Waals surface area contributed by atoms with E-state index in [1.165, 1.54) is 0 Å². The highest BCUT2D eigenvalue weighted by Gasteiger charge is 1.34. The summed E-state index contributed by atoms with van der Waals surface area (Å²) in [5.74, 6) is 0. The van der Waals surface area contributed by atoms with E-state index in [9.17, 15) is 0 Å². The van der Waals surface area contributed by atoms with Crippen LogP contribution in [0.5, 0.6) is 0 Å². The molecule has 0 aliphatic carbocycles. The van der Waals surface area contributed by atoms with Crippen LogP contribution in [0.15, 0.2) is 12.2 Å². The van der Waals surface area contributed by atoms with Crippen molar-refractivity contribution in [3.8, 4) is 0 Å². The molecule has 1 heteroatoms. The topological polar surface area (TPSA) is 0 Å². The number of hydrogen-bond acceptors (Lipinski definition) is 0. The monoisotopic (exact) mass is 76.1 g/mol. The van der Waals surface area contributed by atoms with Gasteiger partial charge in [0.2, 0.25) is 0 Å². The summed E-state index contributed by atoms with van der Waals surface area (Å²) in [6.07, 6.45) is 4.00. The van der Waals surface area contributed by atoms with Crippen LogP contribution in [0, 0.1) is 0 Å². The molecule has 5 heavy (non-hydrogen) atoms. The van der Waals surface area contributed by atoms with Crippen molar-refractivity contribution in [2.45, 2.75) is 13.8 Å². The van der Waals surface area contributed by atoms with Gasteiger partial charge in [-0.05, 0) is 13.8 Å². The Morgan fingerprint density at radius 1 is 1.00 bits per heavy atom. The Balaban J connectivity index is 0. The molecule has 0 spiro atoms. The minimum atomic E-state index is 0. The van der Waals surface area contributed by atoms with Crippen LogP contribution < -0.4 is 0 Å². The summed E-state index contributed by atoms with van der Waals surface area (Å²) in [5, 5.41) is 0. The lowest BCUT2D eigenvalue weighted by Crippen LogP contribution is -1.26. The van der Waals surface area contributed by atoms with Gasteiger partial charge in [-0.15, -0.1) is 0 Å². The second-order valence-electron chi connectivity index (χ2n) is 0.667. The second kappa shape index (κ2) is 9.38. The minimum Gasteiger partial charge on any atom is -0.269 e. The van der Waals surface area contributed by atoms with E-state index in [1.807, 2.05) is 26.0 Å². The summed E-state index contributed by atoms with van der Waals surface area (Å²) in [4.78, 5) is 0. The Labute approximate surface area is 31.9 Å². The van der Waals surface area contributed by atoms with Crippen LogP contribution in [0.3, 0.4) is 0 Å². The Hall–Kier alpha value is -0.330. The zero-order chi connectivity index (χ0) is 3.41. The molecule has 0 aromatic rings. The summed E-state index contributed by atoms with van der Waals surface area (Å²) in [6, 6.07) is 0. The molecule has 0 heterocycles. The first-order valence-corrected chi connectivity index (χ1v) is 1.49. The lowest BCUT2D eigenvalue weighted by Gasteiger charge is -1.49. The highest BCUT2D eigenvalue weighted by molar-refractivity contribution is 4.68. The van der Waals surface area contributed by atoms with Crippen LogP contribution in [0.1, 0.15) is 13.8 Å². The molecule has 0 aromatic carbocycles. The van der Waals surface area contributed by atoms with E-state index < -0.39 is 0 Å². The highest BCUT2D eigenvalue weighted by Crippen LogP contribution is 1.57. The Morgan fingerprint density at radius 2 is 1.20 bits per heavy atom. The lowest BCUT2D eigenvalue weighted by atomic mass is 10.6. The Kier molecular flexibility index (Phi) is 16.6. The van der Waals surface area contributed by atoms with E-state index in [0.717, 1.165) is 0 Å². The largest absolute Gasteiger partial charge is 0.269 e. The highest BCUT2D eigenvalue weighted by atomic mass is 19.0. The van der Waals surface area contributed by atoms with Gasteiger partial charge in [-0.1, -0.05) is 12.2 Å². The van der Waals surface area contributed by atoms with Crippen LogP contribution in [-0.4, -0.2) is 0 Å². The van der Waals surface area contributed by atoms with Crippen LogP contribution >= 0.6 is 0 Å². The van der Waals surface area contributed by atoms with Gasteiger partial charge in [0.15, 0.2) is 0 Å². The third-order valence-corrected chi connectivity index (χ3v) is 0.333. The first-order chi connectivity index (χ1) is 1.91. The fourth-order valence-corrected chi connectivity index (χ4v) is 0. The molecule has 0 nitrogen and oxygen atoms in total. The number of halogens is 1. The first-order valence-electron chi connectivity index (χ1n) is 1.49. The maximum atomic E-state index is 2.00. The average molecular weight is 76.1 g/mol. The number of hydrogen-bond donors (Lipinski definition) is 0. The van der Waals surface area contributed by atoms with Gasteiger partial charge in [0.1, 0.15) is 0 Å². The molecule has 32 valence electrons. The van der Waals surface area contributed by atoms with Crippen molar-refractivity contribution in [3.63, 3.8) is 0 Å². The molecule has 0 atom stereocenters. The molecule has 0 bridgehead atoms. The van der Waals surface area contributed by atoms with Crippen molar-refractivity contribution in [2.75, 3.05) is 0 Å². The SMILES string of the molecule is CC=CC.F. The van der Waals surface area contributed by atoms with Gasteiger partial charge in [-0.2, -0.15) is 0 Å². The summed E-state index contributed by atoms with van der Waals surface area (Å²) in [7, 11) is 0. The molecule has 0 rings (SSSR count). The van der Waals surface area contributed by atoms with Crippen LogP contribution in [0.4, 0.5) is 4.70 Å². The van der Waals surface area contributed by atoms with Gasteiger partial charge in [-0.3, -0.25) is 4.70 Å². The zero-order valence-corrected chi connectivity index (χ0v) is 3.56. The Bertz CT molecular complexity index is 18.8. The molecule has 0 unspecified atom stereocenters. The molecule has 0 radical (unpaired) electrons. The van der Waals surface area contributed by atoms with Crippen molar-refractivity contribution in [2.24, 2.45) is 0 Å². The molecule has 0 N–H and O–H groups in total. The zero-order valence-electron chi connectivity index (χ0n) is 3.56. The van der Waals surface area contributed by atoms with Gasteiger partial charge < -0.3 is 0 Å². The third-order valence-electron chi connectivity index (χ3n) is 0.333. The fourth-order valence-electron chi connectivity index (χ4n) is 0. The van der Waals surface area contributed by atoms with Gasteiger partial charge in [-0.25, -0.2) is 0 Å². The molecule has 0 saturated heterocycles. The van der Waals surface area contributed by atoms with Crippen molar-refractivity contribution >= 4 is 0 Å². The molecule has 0 aliphatic heterocycles. The average Bonchev–Trinajstić information content (AvgIpc) is 1.37. The molecular weight excluding hydrogens is 67.0 g/mol. The molecule has 0 fully saturated rings. The molecule has 0 aromatic heterocycles. The van der Waals surface area contributed by atoms with E-state index >= 15 is 0 Å². The van der Waals surface area contributed by atoms with Gasteiger partial charge in [0.05, 0.1) is 0 Å². The molecule has 0 saturated carbocycles. The maximum absolute atomic E-state index is 2.00. The smallest absolute Gasteiger partial charge is 0.0470 e. The fraction of sp³-hybridized carbons (Fsp3) is 0.500. The van der Waals surface area contributed by atoms with Crippen molar-refractivity contribution in [1.82, 2.24) is 0 Å². The predicted molar refractivity (Wildman–Crippen MR) is 23.0 cm³/mol. The minimum absolute atomic E-state index is 0. The standard InChI is InChI=1S/C4H8.FH/c1-3-4-2;/h3-4H,1-2H3;1H. The van der Waals surface area contributed by atoms with Crippen molar-refractivity contribution in [1.29, 1.82) is 0 Å².